The molecule has 0 aliphatic heterocycles. The lowest BCUT2D eigenvalue weighted by Crippen LogP contribution is -2.29. The summed E-state index contributed by atoms with van der Waals surface area (Å²) in [5.74, 6) is -0.969. The summed E-state index contributed by atoms with van der Waals surface area (Å²) in [6.45, 7) is 3.77. The van der Waals surface area contributed by atoms with Crippen molar-refractivity contribution in [3.8, 4) is 0 Å². The largest absolute Gasteiger partial charge is 0.478 e. The van der Waals surface area contributed by atoms with Crippen LogP contribution in [0.5, 0.6) is 0 Å². The minimum absolute atomic E-state index is 0.225. The highest BCUT2D eigenvalue weighted by Gasteiger charge is 2.17. The van der Waals surface area contributed by atoms with E-state index in [-0.39, 0.29) is 5.56 Å². The Hall–Kier alpha value is -1.75. The van der Waals surface area contributed by atoms with Crippen LogP contribution in [-0.2, 0) is 4.74 Å². The van der Waals surface area contributed by atoms with Gasteiger partial charge in [-0.2, -0.15) is 0 Å². The van der Waals surface area contributed by atoms with E-state index in [1.54, 1.807) is 25.3 Å². The van der Waals surface area contributed by atoms with Crippen LogP contribution in [0.1, 0.15) is 17.3 Å². The Kier molecular flexibility index (Phi) is 4.78. The van der Waals surface area contributed by atoms with Gasteiger partial charge in [0, 0.05) is 20.2 Å². The van der Waals surface area contributed by atoms with Gasteiger partial charge in [0.05, 0.1) is 23.5 Å². The molecule has 5 heteroatoms. The predicted octanol–water partition coefficient (Wildman–Crippen LogP) is 1.44. The number of ether oxygens (including phenoxy) is 1. The van der Waals surface area contributed by atoms with Crippen LogP contribution in [0.25, 0.3) is 0 Å². The molecule has 1 aromatic carbocycles. The quantitative estimate of drug-likeness (QED) is 0.733. The molecule has 0 atom stereocenters. The fraction of sp³-hybridized carbons (Fsp3) is 0.417. The zero-order chi connectivity index (χ0) is 12.8. The van der Waals surface area contributed by atoms with Crippen molar-refractivity contribution in [2.24, 2.45) is 0 Å². The molecule has 0 amide bonds. The second kappa shape index (κ2) is 6.10. The number of carboxylic acid groups (broad SMARTS) is 1. The Bertz CT molecular complexity index is 393. The number of nitrogens with zero attached hydrogens (tertiary/aromatic N) is 1. The van der Waals surface area contributed by atoms with Crippen molar-refractivity contribution in [2.45, 2.75) is 6.92 Å². The summed E-state index contributed by atoms with van der Waals surface area (Å²) in [5, 5.41) is 9.15. The highest BCUT2D eigenvalue weighted by molar-refractivity contribution is 5.98. The molecule has 5 nitrogen and oxygen atoms in total. The van der Waals surface area contributed by atoms with Gasteiger partial charge in [0.25, 0.3) is 0 Å². The SMILES string of the molecule is CCN(CCOC)c1c(N)cccc1C(=O)O. The van der Waals surface area contributed by atoms with Gasteiger partial charge >= 0.3 is 5.97 Å². The average molecular weight is 238 g/mol. The van der Waals surface area contributed by atoms with Crippen molar-refractivity contribution in [3.63, 3.8) is 0 Å². The Morgan fingerprint density at radius 2 is 2.24 bits per heavy atom. The molecule has 0 aliphatic rings. The zero-order valence-corrected chi connectivity index (χ0v) is 10.1. The van der Waals surface area contributed by atoms with Gasteiger partial charge in [-0.05, 0) is 19.1 Å². The second-order valence-electron chi connectivity index (χ2n) is 3.62. The van der Waals surface area contributed by atoms with E-state index in [0.29, 0.717) is 31.1 Å². The van der Waals surface area contributed by atoms with Crippen molar-refractivity contribution in [2.75, 3.05) is 37.4 Å². The number of aromatic carboxylic acids is 1. The third kappa shape index (κ3) is 3.10. The number of likely N-dealkylation sites (N-methyl/N-ethyl adjacent to an activating group) is 1. The predicted molar refractivity (Wildman–Crippen MR) is 67.6 cm³/mol. The Labute approximate surface area is 101 Å². The lowest BCUT2D eigenvalue weighted by molar-refractivity contribution is 0.0697. The van der Waals surface area contributed by atoms with Crippen LogP contribution in [0.15, 0.2) is 18.2 Å². The third-order valence-corrected chi connectivity index (χ3v) is 2.56. The molecule has 0 fully saturated rings. The first-order valence-electron chi connectivity index (χ1n) is 5.47. The van der Waals surface area contributed by atoms with Crippen LogP contribution in [0, 0.1) is 0 Å². The topological polar surface area (TPSA) is 75.8 Å². The summed E-state index contributed by atoms with van der Waals surface area (Å²) < 4.78 is 5.01. The molecule has 1 rings (SSSR count). The molecule has 0 spiro atoms. The monoisotopic (exact) mass is 238 g/mol. The van der Waals surface area contributed by atoms with Crippen molar-refractivity contribution in [3.05, 3.63) is 23.8 Å². The minimum atomic E-state index is -0.969. The van der Waals surface area contributed by atoms with E-state index in [1.807, 2.05) is 11.8 Å². The van der Waals surface area contributed by atoms with Crippen LogP contribution >= 0.6 is 0 Å². The lowest BCUT2D eigenvalue weighted by Gasteiger charge is -2.25. The molecule has 0 saturated carbocycles. The maximum absolute atomic E-state index is 11.2. The molecular weight excluding hydrogens is 220 g/mol. The van der Waals surface area contributed by atoms with Crippen LogP contribution < -0.4 is 10.6 Å². The average Bonchev–Trinajstić information content (AvgIpc) is 2.31. The van der Waals surface area contributed by atoms with E-state index < -0.39 is 5.97 Å². The number of nitrogens with two attached hydrogens (primary N) is 1. The van der Waals surface area contributed by atoms with Gasteiger partial charge in [0.2, 0.25) is 0 Å². The third-order valence-electron chi connectivity index (χ3n) is 2.56. The summed E-state index contributed by atoms with van der Waals surface area (Å²) in [4.78, 5) is 13.1. The molecular formula is C12H18N2O3. The van der Waals surface area contributed by atoms with E-state index in [1.165, 1.54) is 0 Å². The number of anilines is 2. The van der Waals surface area contributed by atoms with Gasteiger partial charge in [0.1, 0.15) is 0 Å². The standard InChI is InChI=1S/C12H18N2O3/c1-3-14(7-8-17-2)11-9(12(15)16)5-4-6-10(11)13/h4-6H,3,7-8,13H2,1-2H3,(H,15,16). The minimum Gasteiger partial charge on any atom is -0.478 e. The van der Waals surface area contributed by atoms with Crippen molar-refractivity contribution >= 4 is 17.3 Å². The molecule has 0 aliphatic carbocycles. The summed E-state index contributed by atoms with van der Waals surface area (Å²) >= 11 is 0. The molecule has 0 bridgehead atoms. The molecule has 0 heterocycles. The second-order valence-corrected chi connectivity index (χ2v) is 3.62. The maximum atomic E-state index is 11.2. The summed E-state index contributed by atoms with van der Waals surface area (Å²) in [6.07, 6.45) is 0. The van der Waals surface area contributed by atoms with E-state index in [0.717, 1.165) is 0 Å². The smallest absolute Gasteiger partial charge is 0.337 e. The number of rotatable bonds is 6. The van der Waals surface area contributed by atoms with Crippen LogP contribution in [0.4, 0.5) is 11.4 Å². The van der Waals surface area contributed by atoms with Crippen molar-refractivity contribution in [1.29, 1.82) is 0 Å². The normalized spacial score (nSPS) is 10.2. The molecule has 0 radical (unpaired) electrons. The highest BCUT2D eigenvalue weighted by atomic mass is 16.5. The van der Waals surface area contributed by atoms with Gasteiger partial charge in [-0.15, -0.1) is 0 Å². The number of nitrogen functional groups attached to an aromatic ring is 1. The molecule has 3 N–H and O–H groups in total. The van der Waals surface area contributed by atoms with E-state index in [2.05, 4.69) is 0 Å². The fourth-order valence-corrected chi connectivity index (χ4v) is 1.72. The van der Waals surface area contributed by atoms with Crippen LogP contribution in [0.3, 0.4) is 0 Å². The molecule has 0 aromatic heterocycles. The first-order chi connectivity index (χ1) is 8.11. The van der Waals surface area contributed by atoms with Gasteiger partial charge < -0.3 is 20.5 Å². The Balaban J connectivity index is 3.11. The zero-order valence-electron chi connectivity index (χ0n) is 10.1. The lowest BCUT2D eigenvalue weighted by atomic mass is 10.1. The molecule has 94 valence electrons. The van der Waals surface area contributed by atoms with Gasteiger partial charge in [0.15, 0.2) is 0 Å². The number of hydrogen-bond donors (Lipinski definition) is 2. The number of benzene rings is 1. The van der Waals surface area contributed by atoms with Gasteiger partial charge in [-0.3, -0.25) is 0 Å². The molecule has 0 unspecified atom stereocenters. The number of hydrogen-bond acceptors (Lipinski definition) is 4. The fourth-order valence-electron chi connectivity index (χ4n) is 1.72. The number of para-hydroxylation sites is 1. The first-order valence-corrected chi connectivity index (χ1v) is 5.47. The van der Waals surface area contributed by atoms with E-state index in [4.69, 9.17) is 15.6 Å². The number of carbonyl (C=O) groups is 1. The van der Waals surface area contributed by atoms with Crippen molar-refractivity contribution in [1.82, 2.24) is 0 Å². The van der Waals surface area contributed by atoms with Crippen LogP contribution in [-0.4, -0.2) is 37.9 Å². The highest BCUT2D eigenvalue weighted by Crippen LogP contribution is 2.27. The van der Waals surface area contributed by atoms with Crippen molar-refractivity contribution < 1.29 is 14.6 Å². The molecule has 1 aromatic rings. The van der Waals surface area contributed by atoms with Crippen LogP contribution in [0.2, 0.25) is 0 Å². The number of methoxy groups -OCH3 is 1. The molecule has 17 heavy (non-hydrogen) atoms. The maximum Gasteiger partial charge on any atom is 0.337 e. The summed E-state index contributed by atoms with van der Waals surface area (Å²) in [5.41, 5.74) is 7.13. The Morgan fingerprint density at radius 1 is 1.53 bits per heavy atom. The van der Waals surface area contributed by atoms with E-state index in [9.17, 15) is 4.79 Å². The molecule has 0 saturated heterocycles. The summed E-state index contributed by atoms with van der Waals surface area (Å²) in [6, 6.07) is 4.91. The summed E-state index contributed by atoms with van der Waals surface area (Å²) in [7, 11) is 1.61. The first kappa shape index (κ1) is 13.3. The van der Waals surface area contributed by atoms with E-state index >= 15 is 0 Å². The Morgan fingerprint density at radius 3 is 2.76 bits per heavy atom. The van der Waals surface area contributed by atoms with Gasteiger partial charge in [-0.1, -0.05) is 6.07 Å². The van der Waals surface area contributed by atoms with Gasteiger partial charge in [-0.25, -0.2) is 4.79 Å². The number of carboxylic acids is 1.